The molecule has 1 aromatic heterocycles. The Hall–Kier alpha value is -2.55. The maximum absolute atomic E-state index is 12.4. The molecule has 0 saturated heterocycles. The summed E-state index contributed by atoms with van der Waals surface area (Å²) < 4.78 is 2.10. The molecule has 0 aliphatic heterocycles. The van der Waals surface area contributed by atoms with Gasteiger partial charge in [0, 0.05) is 36.3 Å². The lowest BCUT2D eigenvalue weighted by atomic mass is 9.98. The van der Waals surface area contributed by atoms with Crippen molar-refractivity contribution in [2.24, 2.45) is 7.05 Å². The van der Waals surface area contributed by atoms with E-state index < -0.39 is 0 Å². The number of hydrogen-bond donors (Lipinski definition) is 1. The number of aryl methyl sites for hydroxylation is 1. The van der Waals surface area contributed by atoms with E-state index in [0.717, 1.165) is 23.1 Å². The van der Waals surface area contributed by atoms with Crippen molar-refractivity contribution in [2.45, 2.75) is 13.3 Å². The highest BCUT2D eigenvalue weighted by atomic mass is 16.1. The number of nitrogens with one attached hydrogen (secondary N) is 1. The zero-order chi connectivity index (χ0) is 15.5. The fraction of sp³-hybridized carbons (Fsp3) is 0.211. The lowest BCUT2D eigenvalue weighted by molar-refractivity contribution is 0.0954. The molecule has 3 aromatic rings. The molecule has 1 heterocycles. The van der Waals surface area contributed by atoms with Gasteiger partial charge in [-0.25, -0.2) is 0 Å². The van der Waals surface area contributed by atoms with E-state index >= 15 is 0 Å². The maximum atomic E-state index is 12.4. The highest BCUT2D eigenvalue weighted by molar-refractivity contribution is 6.01. The summed E-state index contributed by atoms with van der Waals surface area (Å²) in [4.78, 5) is 12.4. The van der Waals surface area contributed by atoms with E-state index in [9.17, 15) is 4.79 Å². The Kier molecular flexibility index (Phi) is 3.96. The van der Waals surface area contributed by atoms with Crippen LogP contribution in [0, 0.1) is 0 Å². The second-order valence-corrected chi connectivity index (χ2v) is 5.50. The highest BCUT2D eigenvalue weighted by Gasteiger charge is 2.12. The van der Waals surface area contributed by atoms with E-state index in [0.29, 0.717) is 6.54 Å². The van der Waals surface area contributed by atoms with Gasteiger partial charge in [-0.15, -0.1) is 0 Å². The molecule has 0 fully saturated rings. The van der Waals surface area contributed by atoms with Gasteiger partial charge in [0.1, 0.15) is 0 Å². The van der Waals surface area contributed by atoms with E-state index in [2.05, 4.69) is 41.1 Å². The molecule has 2 aromatic carbocycles. The molecule has 3 heteroatoms. The standard InChI is InChI=1S/C19H20N2O/c1-3-11-20-19(22)17-7-5-4-6-16(17)14-8-9-18-15(13-14)10-12-21(18)2/h4-10,12-13H,3,11H2,1-2H3,(H,20,22). The van der Waals surface area contributed by atoms with Crippen molar-refractivity contribution in [1.29, 1.82) is 0 Å². The SMILES string of the molecule is CCCNC(=O)c1ccccc1-c1ccc2c(ccn2C)c1. The predicted molar refractivity (Wildman–Crippen MR) is 91.0 cm³/mol. The van der Waals surface area contributed by atoms with Crippen LogP contribution in [0.25, 0.3) is 22.0 Å². The lowest BCUT2D eigenvalue weighted by Gasteiger charge is -2.10. The third-order valence-electron chi connectivity index (χ3n) is 3.90. The Morgan fingerprint density at radius 3 is 2.77 bits per heavy atom. The summed E-state index contributed by atoms with van der Waals surface area (Å²) in [6, 6.07) is 16.2. The summed E-state index contributed by atoms with van der Waals surface area (Å²) in [7, 11) is 2.04. The molecule has 0 spiro atoms. The van der Waals surface area contributed by atoms with Crippen LogP contribution in [0.3, 0.4) is 0 Å². The molecule has 1 amide bonds. The molecule has 0 unspecified atom stereocenters. The van der Waals surface area contributed by atoms with Crippen molar-refractivity contribution >= 4 is 16.8 Å². The van der Waals surface area contributed by atoms with Gasteiger partial charge in [-0.2, -0.15) is 0 Å². The number of amides is 1. The number of rotatable bonds is 4. The summed E-state index contributed by atoms with van der Waals surface area (Å²) in [5.41, 5.74) is 3.96. The van der Waals surface area contributed by atoms with Gasteiger partial charge in [0.15, 0.2) is 0 Å². The van der Waals surface area contributed by atoms with E-state index in [1.807, 2.05) is 37.5 Å². The summed E-state index contributed by atoms with van der Waals surface area (Å²) in [5, 5.41) is 4.14. The smallest absolute Gasteiger partial charge is 0.251 e. The van der Waals surface area contributed by atoms with E-state index in [1.165, 1.54) is 10.9 Å². The molecule has 3 rings (SSSR count). The van der Waals surface area contributed by atoms with Crippen molar-refractivity contribution in [2.75, 3.05) is 6.54 Å². The molecule has 1 N–H and O–H groups in total. The van der Waals surface area contributed by atoms with E-state index in [1.54, 1.807) is 0 Å². The van der Waals surface area contributed by atoms with Crippen LogP contribution in [0.1, 0.15) is 23.7 Å². The number of benzene rings is 2. The fourth-order valence-electron chi connectivity index (χ4n) is 2.72. The van der Waals surface area contributed by atoms with Gasteiger partial charge < -0.3 is 9.88 Å². The normalized spacial score (nSPS) is 10.8. The van der Waals surface area contributed by atoms with Crippen LogP contribution in [0.2, 0.25) is 0 Å². The molecular formula is C19H20N2O. The van der Waals surface area contributed by atoms with Gasteiger partial charge in [-0.1, -0.05) is 31.2 Å². The maximum Gasteiger partial charge on any atom is 0.251 e. The second kappa shape index (κ2) is 6.06. The van der Waals surface area contributed by atoms with Crippen molar-refractivity contribution in [3.63, 3.8) is 0 Å². The monoisotopic (exact) mass is 292 g/mol. The fourth-order valence-corrected chi connectivity index (χ4v) is 2.72. The largest absolute Gasteiger partial charge is 0.352 e. The summed E-state index contributed by atoms with van der Waals surface area (Å²) in [6.45, 7) is 2.75. The zero-order valence-electron chi connectivity index (χ0n) is 13.0. The Morgan fingerprint density at radius 2 is 1.95 bits per heavy atom. The minimum atomic E-state index is -0.00870. The molecule has 0 radical (unpaired) electrons. The summed E-state index contributed by atoms with van der Waals surface area (Å²) in [5.74, 6) is -0.00870. The zero-order valence-corrected chi connectivity index (χ0v) is 13.0. The second-order valence-electron chi connectivity index (χ2n) is 5.50. The molecule has 0 aliphatic rings. The average Bonchev–Trinajstić information content (AvgIpc) is 2.93. The third kappa shape index (κ3) is 2.62. The summed E-state index contributed by atoms with van der Waals surface area (Å²) >= 11 is 0. The molecule has 22 heavy (non-hydrogen) atoms. The van der Waals surface area contributed by atoms with Crippen molar-refractivity contribution in [3.05, 3.63) is 60.3 Å². The molecular weight excluding hydrogens is 272 g/mol. The van der Waals surface area contributed by atoms with Gasteiger partial charge in [0.05, 0.1) is 0 Å². The molecule has 0 bridgehead atoms. The first-order valence-electron chi connectivity index (χ1n) is 7.63. The third-order valence-corrected chi connectivity index (χ3v) is 3.90. The number of carbonyl (C=O) groups is 1. The Balaban J connectivity index is 2.04. The Labute approximate surface area is 130 Å². The first-order valence-corrected chi connectivity index (χ1v) is 7.63. The summed E-state index contributed by atoms with van der Waals surface area (Å²) in [6.07, 6.45) is 2.98. The molecule has 0 saturated carbocycles. The first-order chi connectivity index (χ1) is 10.7. The van der Waals surface area contributed by atoms with Crippen molar-refractivity contribution in [3.8, 4) is 11.1 Å². The number of carbonyl (C=O) groups excluding carboxylic acids is 1. The van der Waals surface area contributed by atoms with Gasteiger partial charge >= 0.3 is 0 Å². The first kappa shape index (κ1) is 14.4. The van der Waals surface area contributed by atoms with Gasteiger partial charge in [0.25, 0.3) is 5.91 Å². The minimum Gasteiger partial charge on any atom is -0.352 e. The lowest BCUT2D eigenvalue weighted by Crippen LogP contribution is -2.24. The van der Waals surface area contributed by atoms with Crippen LogP contribution in [-0.2, 0) is 7.05 Å². The van der Waals surface area contributed by atoms with Crippen molar-refractivity contribution in [1.82, 2.24) is 9.88 Å². The van der Waals surface area contributed by atoms with Crippen LogP contribution in [0.5, 0.6) is 0 Å². The van der Waals surface area contributed by atoms with Gasteiger partial charge in [-0.05, 0) is 41.8 Å². The molecule has 0 atom stereocenters. The topological polar surface area (TPSA) is 34.0 Å². The Bertz CT molecular complexity index is 817. The minimum absolute atomic E-state index is 0.00870. The van der Waals surface area contributed by atoms with Crippen LogP contribution in [-0.4, -0.2) is 17.0 Å². The quantitative estimate of drug-likeness (QED) is 0.775. The van der Waals surface area contributed by atoms with Gasteiger partial charge in [-0.3, -0.25) is 4.79 Å². The number of nitrogens with zero attached hydrogens (tertiary/aromatic N) is 1. The number of fused-ring (bicyclic) bond motifs is 1. The molecule has 0 aliphatic carbocycles. The van der Waals surface area contributed by atoms with Crippen molar-refractivity contribution < 1.29 is 4.79 Å². The highest BCUT2D eigenvalue weighted by Crippen LogP contribution is 2.27. The Morgan fingerprint density at radius 1 is 1.14 bits per heavy atom. The van der Waals surface area contributed by atoms with Crippen LogP contribution in [0.15, 0.2) is 54.7 Å². The number of hydrogen-bond acceptors (Lipinski definition) is 1. The number of aromatic nitrogens is 1. The van der Waals surface area contributed by atoms with Crippen LogP contribution >= 0.6 is 0 Å². The van der Waals surface area contributed by atoms with E-state index in [-0.39, 0.29) is 5.91 Å². The van der Waals surface area contributed by atoms with E-state index in [4.69, 9.17) is 0 Å². The van der Waals surface area contributed by atoms with Crippen LogP contribution in [0.4, 0.5) is 0 Å². The van der Waals surface area contributed by atoms with Crippen LogP contribution < -0.4 is 5.32 Å². The van der Waals surface area contributed by atoms with Gasteiger partial charge in [0.2, 0.25) is 0 Å². The molecule has 112 valence electrons. The predicted octanol–water partition coefficient (Wildman–Crippen LogP) is 3.99. The molecule has 3 nitrogen and oxygen atoms in total. The average molecular weight is 292 g/mol.